The molecule has 0 spiro atoms. The molecule has 283 valence electrons. The summed E-state index contributed by atoms with van der Waals surface area (Å²) in [6.45, 7) is 8.94. The van der Waals surface area contributed by atoms with Crippen LogP contribution in [0.2, 0.25) is 19.6 Å². The van der Waals surface area contributed by atoms with Gasteiger partial charge >= 0.3 is 0 Å². The molecule has 3 aromatic heterocycles. The molecule has 0 saturated carbocycles. The van der Waals surface area contributed by atoms with Gasteiger partial charge in [0.2, 0.25) is 0 Å². The molecule has 0 bridgehead atoms. The fraction of sp³-hybridized carbons (Fsp3) is 0.115. The fourth-order valence-electron chi connectivity index (χ4n) is 6.91. The van der Waals surface area contributed by atoms with E-state index in [4.69, 9.17) is 12.1 Å². The van der Waals surface area contributed by atoms with Crippen LogP contribution in [0, 0.1) is 12.1 Å². The average molecular weight is 936 g/mol. The van der Waals surface area contributed by atoms with Crippen LogP contribution in [0.25, 0.3) is 55.6 Å². The third kappa shape index (κ3) is 9.14. The molecule has 57 heavy (non-hydrogen) atoms. The van der Waals surface area contributed by atoms with E-state index in [1.54, 1.807) is 30.5 Å². The molecule has 0 aliphatic rings. The molecule has 0 N–H and O–H groups in total. The predicted molar refractivity (Wildman–Crippen MR) is 236 cm³/mol. The van der Waals surface area contributed by atoms with E-state index in [1.807, 2.05) is 122 Å². The van der Waals surface area contributed by atoms with Gasteiger partial charge in [-0.1, -0.05) is 164 Å². The molecule has 5 heteroatoms. The summed E-state index contributed by atoms with van der Waals surface area (Å²) in [5, 5.41) is 3.28. The van der Waals surface area contributed by atoms with Crippen molar-refractivity contribution in [3.05, 3.63) is 211 Å². The summed E-state index contributed by atoms with van der Waals surface area (Å²) in [7, 11) is -1.69. The summed E-state index contributed by atoms with van der Waals surface area (Å²) in [5.41, 5.74) is 10.5. The van der Waals surface area contributed by atoms with Crippen molar-refractivity contribution in [1.82, 2.24) is 9.97 Å². The molecule has 0 aliphatic heterocycles. The zero-order valence-electron chi connectivity index (χ0n) is 35.4. The molecule has 6 aromatic carbocycles. The van der Waals surface area contributed by atoms with Crippen molar-refractivity contribution in [2.45, 2.75) is 38.8 Å². The minimum atomic E-state index is -1.69. The smallest absolute Gasteiger partial charge is 0.120 e. The van der Waals surface area contributed by atoms with E-state index in [0.29, 0.717) is 16.8 Å². The van der Waals surface area contributed by atoms with E-state index in [0.717, 1.165) is 55.4 Å². The molecule has 3 heterocycles. The molecule has 1 unspecified atom stereocenters. The molecular weight excluding hydrogens is 889 g/mol. The second-order valence-electron chi connectivity index (χ2n) is 14.9. The Morgan fingerprint density at radius 2 is 1.30 bits per heavy atom. The van der Waals surface area contributed by atoms with E-state index < -0.39 is 20.3 Å². The van der Waals surface area contributed by atoms with E-state index >= 15 is 0 Å². The standard InChI is InChI=1S/C28H28NSi.C24H16NO.Ir/c1-21(22-11-7-5-8-12-22)26-19-27(29-20-28(26)30(2,3)4)25-17-15-24(16-18-25)23-13-9-6-10-14-23;1-2-6-17(7-3-1)14-18-12-13-25-22(15-18)19-10-11-24-21(16-19)20-8-4-5-9-23(20)26-24;/h5-17,19-21H,1-4H3;1-9,11-13,15-16H,14H2;/q2*-1;/i21D;14D2;. The van der Waals surface area contributed by atoms with Gasteiger partial charge in [0.1, 0.15) is 5.58 Å². The number of hydrogen-bond donors (Lipinski definition) is 0. The largest absolute Gasteiger partial charge is 0.500 e. The van der Waals surface area contributed by atoms with Crippen molar-refractivity contribution in [2.24, 2.45) is 0 Å². The van der Waals surface area contributed by atoms with Crippen LogP contribution in [-0.2, 0) is 26.5 Å². The van der Waals surface area contributed by atoms with Crippen LogP contribution in [0.1, 0.15) is 39.2 Å². The normalized spacial score (nSPS) is 13.3. The Kier molecular flexibility index (Phi) is 11.0. The summed E-state index contributed by atoms with van der Waals surface area (Å²) < 4.78 is 32.4. The number of pyridine rings is 2. The van der Waals surface area contributed by atoms with E-state index in [-0.39, 0.29) is 20.1 Å². The van der Waals surface area contributed by atoms with Crippen molar-refractivity contribution in [2.75, 3.05) is 0 Å². The first-order chi connectivity index (χ1) is 28.4. The van der Waals surface area contributed by atoms with Crippen molar-refractivity contribution in [3.8, 4) is 33.6 Å². The van der Waals surface area contributed by atoms with Gasteiger partial charge in [0.25, 0.3) is 0 Å². The van der Waals surface area contributed by atoms with Gasteiger partial charge in [-0.2, -0.15) is 0 Å². The Morgan fingerprint density at radius 1 is 0.632 bits per heavy atom. The molecule has 3 nitrogen and oxygen atoms in total. The van der Waals surface area contributed by atoms with Gasteiger partial charge in [-0.05, 0) is 57.3 Å². The summed E-state index contributed by atoms with van der Waals surface area (Å²) >= 11 is 0. The second kappa shape index (κ2) is 17.6. The second-order valence-corrected chi connectivity index (χ2v) is 19.9. The first kappa shape index (κ1) is 35.7. The van der Waals surface area contributed by atoms with Crippen LogP contribution in [-0.4, -0.2) is 18.0 Å². The minimum absolute atomic E-state index is 0. The van der Waals surface area contributed by atoms with E-state index in [9.17, 15) is 1.37 Å². The number of benzene rings is 6. The van der Waals surface area contributed by atoms with Crippen molar-refractivity contribution in [1.29, 1.82) is 0 Å². The minimum Gasteiger partial charge on any atom is -0.500 e. The average Bonchev–Trinajstić information content (AvgIpc) is 3.65. The molecule has 9 aromatic rings. The number of fused-ring (bicyclic) bond motifs is 3. The summed E-state index contributed by atoms with van der Waals surface area (Å²) in [6, 6.07) is 59.9. The Bertz CT molecular complexity index is 2860. The van der Waals surface area contributed by atoms with Crippen molar-refractivity contribution >= 4 is 35.2 Å². The topological polar surface area (TPSA) is 38.9 Å². The number of para-hydroxylation sites is 1. The van der Waals surface area contributed by atoms with Gasteiger partial charge in [0.05, 0.1) is 13.7 Å². The van der Waals surface area contributed by atoms with Gasteiger partial charge < -0.3 is 14.4 Å². The first-order valence-electron chi connectivity index (χ1n) is 20.4. The quantitative estimate of drug-likeness (QED) is 0.113. The van der Waals surface area contributed by atoms with E-state index in [1.165, 1.54) is 10.8 Å². The third-order valence-corrected chi connectivity index (χ3v) is 11.9. The van der Waals surface area contributed by atoms with E-state index in [2.05, 4.69) is 67.1 Å². The predicted octanol–water partition coefficient (Wildman–Crippen LogP) is 12.9. The molecule has 0 fully saturated rings. The number of hydrogen-bond acceptors (Lipinski definition) is 3. The van der Waals surface area contributed by atoms with Gasteiger partial charge in [0.15, 0.2) is 0 Å². The summed E-state index contributed by atoms with van der Waals surface area (Å²) in [4.78, 5) is 9.27. The molecule has 0 amide bonds. The maximum atomic E-state index is 9.32. The molecule has 0 aliphatic carbocycles. The summed E-state index contributed by atoms with van der Waals surface area (Å²) in [6.07, 6.45) is 2.05. The molecule has 1 radical (unpaired) electrons. The number of furan rings is 1. The van der Waals surface area contributed by atoms with Crippen molar-refractivity contribution in [3.63, 3.8) is 0 Å². The Hall–Kier alpha value is -5.71. The molecule has 9 rings (SSSR count). The zero-order valence-corrected chi connectivity index (χ0v) is 35.8. The molecule has 0 saturated heterocycles. The SMILES string of the molecule is [2H]C(C)(c1ccccc1)c1cc(-c2[c-]cc(-c3ccccc3)cc2)ncc1[Si](C)(C)C.[2H]C([2H])(c1ccccc1)c1ccnc(-c2[c-]cc3oc4ccccc4c3c2)c1.[Ir]. The third-order valence-electron chi connectivity index (χ3n) is 9.93. The van der Waals surface area contributed by atoms with Gasteiger partial charge in [-0.3, -0.25) is 0 Å². The first-order valence-corrected chi connectivity index (χ1v) is 22.4. The maximum Gasteiger partial charge on any atom is 0.120 e. The van der Waals surface area contributed by atoms with Crippen LogP contribution in [0.4, 0.5) is 0 Å². The van der Waals surface area contributed by atoms with Crippen molar-refractivity contribution < 1.29 is 28.6 Å². The van der Waals surface area contributed by atoms with Crippen LogP contribution in [0.15, 0.2) is 181 Å². The van der Waals surface area contributed by atoms with Crippen LogP contribution < -0.4 is 5.19 Å². The number of aromatic nitrogens is 2. The fourth-order valence-corrected chi connectivity index (χ4v) is 8.43. The Labute approximate surface area is 355 Å². The van der Waals surface area contributed by atoms with Crippen LogP contribution in [0.3, 0.4) is 0 Å². The summed E-state index contributed by atoms with van der Waals surface area (Å²) in [5.74, 6) is -0.849. The van der Waals surface area contributed by atoms with Crippen LogP contribution >= 0.6 is 0 Å². The van der Waals surface area contributed by atoms with Gasteiger partial charge in [-0.25, -0.2) is 0 Å². The monoisotopic (exact) mass is 936 g/mol. The Morgan fingerprint density at radius 3 is 2.02 bits per heavy atom. The maximum absolute atomic E-state index is 9.32. The number of nitrogens with zero attached hydrogens (tertiary/aromatic N) is 2. The zero-order chi connectivity index (χ0) is 41.2. The van der Waals surface area contributed by atoms with Crippen LogP contribution in [0.5, 0.6) is 0 Å². The van der Waals surface area contributed by atoms with Gasteiger partial charge in [0, 0.05) is 47.9 Å². The number of rotatable bonds is 8. The Balaban J connectivity index is 0.000000179. The molecule has 1 atom stereocenters. The molecular formula is C52H44IrN2OSi-2. The van der Waals surface area contributed by atoms with Gasteiger partial charge in [-0.15, -0.1) is 53.6 Å².